The van der Waals surface area contributed by atoms with Gasteiger partial charge in [-0.05, 0) is 37.8 Å². The summed E-state index contributed by atoms with van der Waals surface area (Å²) in [5, 5.41) is 3.46. The van der Waals surface area contributed by atoms with Gasteiger partial charge in [-0.25, -0.2) is 0 Å². The molecule has 4 unspecified atom stereocenters. The molecule has 0 saturated heterocycles. The molecule has 21 heavy (non-hydrogen) atoms. The molecule has 3 rings (SSSR count). The van der Waals surface area contributed by atoms with Crippen LogP contribution in [0.1, 0.15) is 50.6 Å². The van der Waals surface area contributed by atoms with Crippen molar-refractivity contribution >= 4 is 0 Å². The van der Waals surface area contributed by atoms with Gasteiger partial charge in [0, 0.05) is 24.1 Å². The molecule has 1 fully saturated rings. The third kappa shape index (κ3) is 3.03. The predicted molar refractivity (Wildman–Crippen MR) is 84.9 cm³/mol. The van der Waals surface area contributed by atoms with Gasteiger partial charge in [0.1, 0.15) is 17.6 Å². The highest BCUT2D eigenvalue weighted by molar-refractivity contribution is 5.44. The molecule has 4 atom stereocenters. The molecule has 2 aliphatic rings. The molecule has 3 heteroatoms. The molecule has 3 nitrogen and oxygen atoms in total. The highest BCUT2D eigenvalue weighted by atomic mass is 16.5. The summed E-state index contributed by atoms with van der Waals surface area (Å²) >= 11 is 0. The van der Waals surface area contributed by atoms with Crippen molar-refractivity contribution in [3.63, 3.8) is 0 Å². The SMILES string of the molecule is CNC1CC(C2CCCC(C)C2)Oc2cc(OC)ccc21. The second-order valence-corrected chi connectivity index (χ2v) is 6.67. The molecule has 0 amide bonds. The van der Waals surface area contributed by atoms with Crippen LogP contribution in [0.5, 0.6) is 11.5 Å². The van der Waals surface area contributed by atoms with Gasteiger partial charge in [-0.3, -0.25) is 0 Å². The average molecular weight is 289 g/mol. The molecule has 1 aromatic rings. The van der Waals surface area contributed by atoms with E-state index >= 15 is 0 Å². The first kappa shape index (κ1) is 14.7. The van der Waals surface area contributed by atoms with Crippen LogP contribution in [0.2, 0.25) is 0 Å². The number of methoxy groups -OCH3 is 1. The first-order valence-corrected chi connectivity index (χ1v) is 8.23. The van der Waals surface area contributed by atoms with Crippen molar-refractivity contribution in [3.05, 3.63) is 23.8 Å². The van der Waals surface area contributed by atoms with Crippen molar-refractivity contribution in [2.75, 3.05) is 14.2 Å². The Balaban J connectivity index is 1.82. The van der Waals surface area contributed by atoms with Crippen molar-refractivity contribution in [3.8, 4) is 11.5 Å². The standard InChI is InChI=1S/C18H27NO2/c1-12-5-4-6-13(9-12)17-11-16(19-2)15-8-7-14(20-3)10-18(15)21-17/h7-8,10,12-13,16-17,19H,4-6,9,11H2,1-3H3. The lowest BCUT2D eigenvalue weighted by Gasteiger charge is -2.39. The van der Waals surface area contributed by atoms with E-state index < -0.39 is 0 Å². The van der Waals surface area contributed by atoms with Gasteiger partial charge in [-0.15, -0.1) is 0 Å². The smallest absolute Gasteiger partial charge is 0.128 e. The van der Waals surface area contributed by atoms with E-state index in [-0.39, 0.29) is 0 Å². The van der Waals surface area contributed by atoms with Crippen molar-refractivity contribution < 1.29 is 9.47 Å². The Labute approximate surface area is 128 Å². The fourth-order valence-corrected chi connectivity index (χ4v) is 3.98. The van der Waals surface area contributed by atoms with Crippen LogP contribution in [0.4, 0.5) is 0 Å². The zero-order valence-electron chi connectivity index (χ0n) is 13.4. The summed E-state index contributed by atoms with van der Waals surface area (Å²) in [5.41, 5.74) is 1.26. The lowest BCUT2D eigenvalue weighted by Crippen LogP contribution is -2.38. The number of hydrogen-bond donors (Lipinski definition) is 1. The van der Waals surface area contributed by atoms with Crippen molar-refractivity contribution in [2.24, 2.45) is 11.8 Å². The zero-order valence-corrected chi connectivity index (χ0v) is 13.4. The lowest BCUT2D eigenvalue weighted by molar-refractivity contribution is 0.0624. The Morgan fingerprint density at radius 3 is 2.81 bits per heavy atom. The molecule has 1 saturated carbocycles. The van der Waals surface area contributed by atoms with Crippen LogP contribution >= 0.6 is 0 Å². The first-order valence-electron chi connectivity index (χ1n) is 8.23. The third-order valence-corrected chi connectivity index (χ3v) is 5.19. The quantitative estimate of drug-likeness (QED) is 0.914. The third-order valence-electron chi connectivity index (χ3n) is 5.19. The maximum atomic E-state index is 6.37. The molecule has 0 bridgehead atoms. The minimum absolute atomic E-state index is 0.338. The van der Waals surface area contributed by atoms with Crippen molar-refractivity contribution in [1.29, 1.82) is 0 Å². The summed E-state index contributed by atoms with van der Waals surface area (Å²) in [5.74, 6) is 3.42. The number of rotatable bonds is 3. The maximum absolute atomic E-state index is 6.37. The molecule has 1 aliphatic carbocycles. The molecule has 1 heterocycles. The summed E-state index contributed by atoms with van der Waals surface area (Å²) in [6.45, 7) is 2.38. The molecular formula is C18H27NO2. The molecule has 1 N–H and O–H groups in total. The van der Waals surface area contributed by atoms with Crippen molar-refractivity contribution in [2.45, 2.75) is 51.2 Å². The van der Waals surface area contributed by atoms with Crippen LogP contribution in [0.3, 0.4) is 0 Å². The second-order valence-electron chi connectivity index (χ2n) is 6.67. The fraction of sp³-hybridized carbons (Fsp3) is 0.667. The highest BCUT2D eigenvalue weighted by Gasteiger charge is 2.34. The van der Waals surface area contributed by atoms with E-state index in [0.29, 0.717) is 18.1 Å². The predicted octanol–water partition coefficient (Wildman–Crippen LogP) is 3.93. The molecular weight excluding hydrogens is 262 g/mol. The van der Waals surface area contributed by atoms with Gasteiger partial charge in [0.2, 0.25) is 0 Å². The molecule has 1 aromatic carbocycles. The van der Waals surface area contributed by atoms with Crippen LogP contribution < -0.4 is 14.8 Å². The van der Waals surface area contributed by atoms with Crippen LogP contribution in [-0.2, 0) is 0 Å². The highest BCUT2D eigenvalue weighted by Crippen LogP contribution is 2.42. The van der Waals surface area contributed by atoms with Gasteiger partial charge in [-0.2, -0.15) is 0 Å². The van der Waals surface area contributed by atoms with E-state index in [4.69, 9.17) is 9.47 Å². The van der Waals surface area contributed by atoms with Gasteiger partial charge in [0.15, 0.2) is 0 Å². The van der Waals surface area contributed by atoms with E-state index in [2.05, 4.69) is 18.3 Å². The van der Waals surface area contributed by atoms with E-state index in [9.17, 15) is 0 Å². The zero-order chi connectivity index (χ0) is 14.8. The number of ether oxygens (including phenoxy) is 2. The Morgan fingerprint density at radius 2 is 2.10 bits per heavy atom. The largest absolute Gasteiger partial charge is 0.497 e. The van der Waals surface area contributed by atoms with Crippen LogP contribution in [0.25, 0.3) is 0 Å². The summed E-state index contributed by atoms with van der Waals surface area (Å²) in [4.78, 5) is 0. The lowest BCUT2D eigenvalue weighted by atomic mass is 9.77. The molecule has 0 aromatic heterocycles. The monoisotopic (exact) mass is 289 g/mol. The average Bonchev–Trinajstić information content (AvgIpc) is 2.53. The van der Waals surface area contributed by atoms with E-state index in [1.54, 1.807) is 7.11 Å². The van der Waals surface area contributed by atoms with Gasteiger partial charge in [0.05, 0.1) is 7.11 Å². The fourth-order valence-electron chi connectivity index (χ4n) is 3.98. The number of hydrogen-bond acceptors (Lipinski definition) is 3. The first-order chi connectivity index (χ1) is 10.2. The Kier molecular flexibility index (Phi) is 4.39. The van der Waals surface area contributed by atoms with Crippen LogP contribution in [-0.4, -0.2) is 20.3 Å². The van der Waals surface area contributed by atoms with Crippen molar-refractivity contribution in [1.82, 2.24) is 5.32 Å². The summed E-state index contributed by atoms with van der Waals surface area (Å²) in [6.07, 6.45) is 6.76. The molecule has 0 spiro atoms. The summed E-state index contributed by atoms with van der Waals surface area (Å²) < 4.78 is 11.7. The van der Waals surface area contributed by atoms with Crippen LogP contribution in [0, 0.1) is 11.8 Å². The van der Waals surface area contributed by atoms with Crippen LogP contribution in [0.15, 0.2) is 18.2 Å². The number of fused-ring (bicyclic) bond motifs is 1. The number of nitrogens with one attached hydrogen (secondary N) is 1. The van der Waals surface area contributed by atoms with Gasteiger partial charge in [0.25, 0.3) is 0 Å². The molecule has 0 radical (unpaired) electrons. The Bertz CT molecular complexity index is 488. The summed E-state index contributed by atoms with van der Waals surface area (Å²) in [6, 6.07) is 6.59. The minimum Gasteiger partial charge on any atom is -0.497 e. The molecule has 1 aliphatic heterocycles. The maximum Gasteiger partial charge on any atom is 0.128 e. The topological polar surface area (TPSA) is 30.5 Å². The van der Waals surface area contributed by atoms with Gasteiger partial charge >= 0.3 is 0 Å². The normalized spacial score (nSPS) is 32.1. The summed E-state index contributed by atoms with van der Waals surface area (Å²) in [7, 11) is 3.75. The van der Waals surface area contributed by atoms with E-state index in [1.807, 2.05) is 19.2 Å². The van der Waals surface area contributed by atoms with E-state index in [1.165, 1.54) is 31.2 Å². The van der Waals surface area contributed by atoms with Gasteiger partial charge < -0.3 is 14.8 Å². The Hall–Kier alpha value is -1.22. The minimum atomic E-state index is 0.338. The number of benzene rings is 1. The van der Waals surface area contributed by atoms with E-state index in [0.717, 1.165) is 23.8 Å². The second kappa shape index (κ2) is 6.27. The Morgan fingerprint density at radius 1 is 1.24 bits per heavy atom. The van der Waals surface area contributed by atoms with Gasteiger partial charge in [-0.1, -0.05) is 25.8 Å². The molecule has 116 valence electrons.